The third kappa shape index (κ3) is 3.40. The van der Waals surface area contributed by atoms with Gasteiger partial charge in [-0.25, -0.2) is 4.68 Å². The fraction of sp³-hybridized carbons (Fsp3) is 0.500. The highest BCUT2D eigenvalue weighted by molar-refractivity contribution is 5.38. The molecule has 2 aromatic rings. The normalized spacial score (nSPS) is 12.2. The smallest absolute Gasteiger partial charge is 0.257 e. The first-order valence-corrected chi connectivity index (χ1v) is 6.49. The minimum absolute atomic E-state index is 0.308. The third-order valence-corrected chi connectivity index (χ3v) is 2.66. The maximum atomic E-state index is 4.37. The third-order valence-electron chi connectivity index (χ3n) is 2.66. The lowest BCUT2D eigenvalue weighted by Gasteiger charge is -2.13. The molecule has 0 aromatic carbocycles. The topological polar surface area (TPSA) is 80.5 Å². The van der Waals surface area contributed by atoms with Gasteiger partial charge < -0.3 is 10.6 Å². The van der Waals surface area contributed by atoms with Crippen LogP contribution in [0.25, 0.3) is 5.95 Å². The first-order valence-electron chi connectivity index (χ1n) is 6.49. The molecule has 0 aliphatic heterocycles. The van der Waals surface area contributed by atoms with Crippen LogP contribution in [-0.4, -0.2) is 37.3 Å². The van der Waals surface area contributed by atoms with E-state index in [0.29, 0.717) is 23.9 Å². The second kappa shape index (κ2) is 6.12. The highest BCUT2D eigenvalue weighted by Crippen LogP contribution is 2.10. The Morgan fingerprint density at radius 3 is 2.63 bits per heavy atom. The Morgan fingerprint density at radius 2 is 2.00 bits per heavy atom. The average molecular weight is 261 g/mol. The van der Waals surface area contributed by atoms with Crippen molar-refractivity contribution in [1.29, 1.82) is 0 Å². The van der Waals surface area contributed by atoms with Crippen LogP contribution in [0.3, 0.4) is 0 Å². The van der Waals surface area contributed by atoms with Gasteiger partial charge in [-0.05, 0) is 26.3 Å². The summed E-state index contributed by atoms with van der Waals surface area (Å²) in [5.74, 6) is 1.61. The van der Waals surface area contributed by atoms with E-state index in [1.807, 2.05) is 13.0 Å². The van der Waals surface area contributed by atoms with Gasteiger partial charge >= 0.3 is 0 Å². The molecule has 0 saturated carbocycles. The Labute approximate surface area is 112 Å². The van der Waals surface area contributed by atoms with Crippen LogP contribution in [0.1, 0.15) is 27.2 Å². The summed E-state index contributed by atoms with van der Waals surface area (Å²) >= 11 is 0. The number of hydrogen-bond donors (Lipinski definition) is 2. The van der Waals surface area contributed by atoms with Crippen LogP contribution in [0.5, 0.6) is 0 Å². The quantitative estimate of drug-likeness (QED) is 0.823. The Balaban J connectivity index is 2.32. The van der Waals surface area contributed by atoms with E-state index in [1.54, 1.807) is 17.1 Å². The lowest BCUT2D eigenvalue weighted by Crippen LogP contribution is -2.18. The molecule has 0 saturated heterocycles. The number of hydrogen-bond acceptors (Lipinski definition) is 6. The van der Waals surface area contributed by atoms with Crippen molar-refractivity contribution in [3.63, 3.8) is 0 Å². The lowest BCUT2D eigenvalue weighted by atomic mass is 10.3. The standard InChI is InChI=1S/C12H19N7/c1-4-9(3)15-11-16-10(13-5-2)17-12(18-11)19-8-6-7-14-19/h6-9H,4-5H2,1-3H3,(H2,13,15,16,17,18). The van der Waals surface area contributed by atoms with Crippen molar-refractivity contribution in [1.82, 2.24) is 24.7 Å². The van der Waals surface area contributed by atoms with Crippen LogP contribution >= 0.6 is 0 Å². The van der Waals surface area contributed by atoms with Crippen molar-refractivity contribution in [3.05, 3.63) is 18.5 Å². The van der Waals surface area contributed by atoms with E-state index in [-0.39, 0.29) is 0 Å². The molecule has 1 unspecified atom stereocenters. The Morgan fingerprint density at radius 1 is 1.21 bits per heavy atom. The molecule has 2 N–H and O–H groups in total. The van der Waals surface area contributed by atoms with Gasteiger partial charge in [0.25, 0.3) is 5.95 Å². The number of aromatic nitrogens is 5. The van der Waals surface area contributed by atoms with Gasteiger partial charge in [0.2, 0.25) is 11.9 Å². The van der Waals surface area contributed by atoms with Crippen LogP contribution in [0.2, 0.25) is 0 Å². The maximum Gasteiger partial charge on any atom is 0.257 e. The summed E-state index contributed by atoms with van der Waals surface area (Å²) in [5, 5.41) is 10.5. The molecule has 0 aliphatic carbocycles. The van der Waals surface area contributed by atoms with E-state index in [4.69, 9.17) is 0 Å². The molecule has 0 radical (unpaired) electrons. The molecule has 0 bridgehead atoms. The van der Waals surface area contributed by atoms with Gasteiger partial charge in [0.1, 0.15) is 0 Å². The molecule has 0 fully saturated rings. The van der Waals surface area contributed by atoms with Gasteiger partial charge in [-0.1, -0.05) is 6.92 Å². The molecule has 1 atom stereocenters. The van der Waals surface area contributed by atoms with Gasteiger partial charge in [-0.15, -0.1) is 0 Å². The van der Waals surface area contributed by atoms with Gasteiger partial charge in [-0.2, -0.15) is 20.1 Å². The van der Waals surface area contributed by atoms with Crippen molar-refractivity contribution < 1.29 is 0 Å². The van der Waals surface area contributed by atoms with Crippen LogP contribution < -0.4 is 10.6 Å². The molecule has 7 heteroatoms. The van der Waals surface area contributed by atoms with E-state index >= 15 is 0 Å². The molecule has 0 spiro atoms. The zero-order chi connectivity index (χ0) is 13.7. The monoisotopic (exact) mass is 261 g/mol. The number of anilines is 2. The van der Waals surface area contributed by atoms with Crippen molar-refractivity contribution in [2.75, 3.05) is 17.2 Å². The zero-order valence-corrected chi connectivity index (χ0v) is 11.5. The molecule has 7 nitrogen and oxygen atoms in total. The van der Waals surface area contributed by atoms with E-state index in [9.17, 15) is 0 Å². The van der Waals surface area contributed by atoms with E-state index < -0.39 is 0 Å². The number of nitrogens with one attached hydrogen (secondary N) is 2. The first kappa shape index (κ1) is 13.3. The van der Waals surface area contributed by atoms with Crippen molar-refractivity contribution in [2.24, 2.45) is 0 Å². The second-order valence-electron chi connectivity index (χ2n) is 4.22. The predicted octanol–water partition coefficient (Wildman–Crippen LogP) is 1.70. The first-order chi connectivity index (χ1) is 9.22. The van der Waals surface area contributed by atoms with Crippen molar-refractivity contribution in [3.8, 4) is 5.95 Å². The second-order valence-corrected chi connectivity index (χ2v) is 4.22. The molecule has 0 amide bonds. The molecule has 0 aliphatic rings. The summed E-state index contributed by atoms with van der Waals surface area (Å²) in [7, 11) is 0. The summed E-state index contributed by atoms with van der Waals surface area (Å²) in [6.07, 6.45) is 4.50. The predicted molar refractivity (Wildman–Crippen MR) is 74.5 cm³/mol. The summed E-state index contributed by atoms with van der Waals surface area (Å²) in [6, 6.07) is 2.14. The fourth-order valence-electron chi connectivity index (χ4n) is 1.48. The highest BCUT2D eigenvalue weighted by Gasteiger charge is 2.09. The Kier molecular flexibility index (Phi) is 4.27. The van der Waals surface area contributed by atoms with Gasteiger partial charge in [0.15, 0.2) is 0 Å². The summed E-state index contributed by atoms with van der Waals surface area (Å²) < 4.78 is 1.62. The van der Waals surface area contributed by atoms with Crippen LogP contribution in [0.15, 0.2) is 18.5 Å². The van der Waals surface area contributed by atoms with Gasteiger partial charge in [0.05, 0.1) is 0 Å². The van der Waals surface area contributed by atoms with Crippen LogP contribution in [-0.2, 0) is 0 Å². The SMILES string of the molecule is CCNc1nc(NC(C)CC)nc(-n2cccn2)n1. The lowest BCUT2D eigenvalue weighted by molar-refractivity contribution is 0.740. The largest absolute Gasteiger partial charge is 0.354 e. The molecule has 2 aromatic heterocycles. The van der Waals surface area contributed by atoms with Crippen LogP contribution in [0.4, 0.5) is 11.9 Å². The van der Waals surface area contributed by atoms with Crippen molar-refractivity contribution >= 4 is 11.9 Å². The van der Waals surface area contributed by atoms with Crippen molar-refractivity contribution in [2.45, 2.75) is 33.2 Å². The molecule has 2 heterocycles. The van der Waals surface area contributed by atoms with Gasteiger partial charge in [0, 0.05) is 25.0 Å². The van der Waals surface area contributed by atoms with E-state index in [0.717, 1.165) is 13.0 Å². The number of rotatable bonds is 6. The van der Waals surface area contributed by atoms with E-state index in [1.165, 1.54) is 0 Å². The molecule has 19 heavy (non-hydrogen) atoms. The summed E-state index contributed by atoms with van der Waals surface area (Å²) in [6.45, 7) is 6.95. The molecule has 102 valence electrons. The highest BCUT2D eigenvalue weighted by atomic mass is 15.4. The Hall–Kier alpha value is -2.18. The van der Waals surface area contributed by atoms with Crippen LogP contribution in [0, 0.1) is 0 Å². The number of nitrogens with zero attached hydrogens (tertiary/aromatic N) is 5. The maximum absolute atomic E-state index is 4.37. The molecular formula is C12H19N7. The Bertz CT molecular complexity index is 509. The molecular weight excluding hydrogens is 242 g/mol. The zero-order valence-electron chi connectivity index (χ0n) is 11.5. The van der Waals surface area contributed by atoms with Gasteiger partial charge in [-0.3, -0.25) is 0 Å². The summed E-state index contributed by atoms with van der Waals surface area (Å²) in [4.78, 5) is 13.0. The minimum Gasteiger partial charge on any atom is -0.354 e. The minimum atomic E-state index is 0.308. The molecule has 2 rings (SSSR count). The van der Waals surface area contributed by atoms with E-state index in [2.05, 4.69) is 44.5 Å². The summed E-state index contributed by atoms with van der Waals surface area (Å²) in [5.41, 5.74) is 0. The fourth-order valence-corrected chi connectivity index (χ4v) is 1.48. The average Bonchev–Trinajstić information content (AvgIpc) is 2.92.